The summed E-state index contributed by atoms with van der Waals surface area (Å²) in [7, 11) is 5.88. The van der Waals surface area contributed by atoms with E-state index in [9.17, 15) is 37.1 Å². The van der Waals surface area contributed by atoms with Crippen LogP contribution in [0.25, 0.3) is 10.9 Å². The molecular weight excluding hydrogens is 759 g/mol. The van der Waals surface area contributed by atoms with Crippen molar-refractivity contribution in [3.63, 3.8) is 0 Å². The van der Waals surface area contributed by atoms with Crippen molar-refractivity contribution in [2.45, 2.75) is 90.3 Å². The summed E-state index contributed by atoms with van der Waals surface area (Å²) in [4.78, 5) is 72.8. The lowest BCUT2D eigenvalue weighted by molar-refractivity contribution is -0.869. The number of fused-ring (bicyclic) bond motifs is 1. The van der Waals surface area contributed by atoms with Crippen LogP contribution in [0.3, 0.4) is 0 Å². The van der Waals surface area contributed by atoms with Crippen molar-refractivity contribution < 1.29 is 51.1 Å². The van der Waals surface area contributed by atoms with Crippen LogP contribution >= 0.6 is 0 Å². The van der Waals surface area contributed by atoms with Gasteiger partial charge in [0.1, 0.15) is 23.3 Å². The third-order valence-corrected chi connectivity index (χ3v) is 8.31. The number of likely N-dealkylation sites (N-methyl/N-ethyl adjacent to an activating group) is 1. The molecule has 0 aliphatic carbocycles. The summed E-state index contributed by atoms with van der Waals surface area (Å²) >= 11 is 0. The molecule has 0 aliphatic rings. The molecule has 0 bridgehead atoms. The third kappa shape index (κ3) is 17.0. The van der Waals surface area contributed by atoms with Crippen LogP contribution in [0.1, 0.15) is 65.5 Å². The number of anilines is 1. The van der Waals surface area contributed by atoms with E-state index in [1.54, 1.807) is 70.7 Å². The Bertz CT molecular complexity index is 1890. The molecule has 1 aromatic heterocycles. The Morgan fingerprint density at radius 2 is 1.41 bits per heavy atom. The minimum absolute atomic E-state index is 0.0886. The van der Waals surface area contributed by atoms with E-state index in [1.807, 2.05) is 27.2 Å². The Balaban J connectivity index is 1.87. The molecule has 2 atom stereocenters. The first-order valence-electron chi connectivity index (χ1n) is 18.9. The number of pyridine rings is 1. The molecule has 58 heavy (non-hydrogen) atoms. The number of alkyl carbamates (subject to hydrolysis) is 2. The Morgan fingerprint density at radius 3 is 2.02 bits per heavy atom. The molecule has 0 spiro atoms. The monoisotopic (exact) mass is 816 g/mol. The van der Waals surface area contributed by atoms with E-state index >= 15 is 0 Å². The van der Waals surface area contributed by atoms with Crippen molar-refractivity contribution in [3.8, 4) is 0 Å². The largest absolute Gasteiger partial charge is 0.444 e. The van der Waals surface area contributed by atoms with Crippen LogP contribution in [0.2, 0.25) is 0 Å². The van der Waals surface area contributed by atoms with Gasteiger partial charge in [0, 0.05) is 31.3 Å². The van der Waals surface area contributed by atoms with E-state index in [0.29, 0.717) is 34.3 Å². The summed E-state index contributed by atoms with van der Waals surface area (Å²) in [5.74, 6) is -1.92. The van der Waals surface area contributed by atoms with E-state index < -0.39 is 59.0 Å². The third-order valence-electron chi connectivity index (χ3n) is 8.31. The fourth-order valence-electron chi connectivity index (χ4n) is 5.45. The Kier molecular flexibility index (Phi) is 16.0. The number of para-hydroxylation sites is 1. The van der Waals surface area contributed by atoms with Gasteiger partial charge in [-0.15, -0.1) is 0 Å². The maximum absolute atomic E-state index is 14.1. The lowest BCUT2D eigenvalue weighted by Crippen LogP contribution is -2.54. The summed E-state index contributed by atoms with van der Waals surface area (Å²) in [5.41, 5.74) is -1.25. The molecule has 1 heterocycles. The molecular formula is C41H57F3N7O7+. The number of hydrogen-bond donors (Lipinski definition) is 4. The number of rotatable bonds is 16. The van der Waals surface area contributed by atoms with Crippen molar-refractivity contribution in [1.29, 1.82) is 0 Å². The van der Waals surface area contributed by atoms with Gasteiger partial charge in [0.05, 0.1) is 57.2 Å². The van der Waals surface area contributed by atoms with Crippen LogP contribution in [-0.2, 0) is 36.5 Å². The molecule has 0 saturated heterocycles. The Hall–Kier alpha value is -5.45. The van der Waals surface area contributed by atoms with E-state index in [4.69, 9.17) is 9.47 Å². The van der Waals surface area contributed by atoms with E-state index in [2.05, 4.69) is 26.3 Å². The standard InChI is InChI=1S/C41H56F3N7O7/c1-39(2,3)57-37(55)45-20-21-50(22-23-51(7,8)9)34(52)19-18-32(49-38(56)58-40(4,5)6)35(53)48-33(24-27-14-16-29(17-15-27)41(42,43)44)36(54)47-30-25-28-12-10-11-13-31(28)46-26-30/h10-17,25-26,32-33H,18-24H2,1-9H3,(H3-,45,47,48,49,53,54,55,56)/p+1/t32-,33-/m0/s1. The molecule has 0 radical (unpaired) electrons. The summed E-state index contributed by atoms with van der Waals surface area (Å²) in [6.45, 7) is 11.2. The van der Waals surface area contributed by atoms with Crippen LogP contribution in [0.4, 0.5) is 28.4 Å². The number of quaternary nitrogens is 1. The predicted molar refractivity (Wildman–Crippen MR) is 214 cm³/mol. The Morgan fingerprint density at radius 1 is 0.793 bits per heavy atom. The van der Waals surface area contributed by atoms with Crippen LogP contribution < -0.4 is 21.3 Å². The highest BCUT2D eigenvalue weighted by molar-refractivity contribution is 5.99. The molecule has 3 rings (SSSR count). The molecule has 318 valence electrons. The summed E-state index contributed by atoms with van der Waals surface area (Å²) < 4.78 is 51.2. The average molecular weight is 817 g/mol. The van der Waals surface area contributed by atoms with Crippen molar-refractivity contribution in [2.75, 3.05) is 52.6 Å². The number of carbonyl (C=O) groups excluding carboxylic acids is 5. The lowest BCUT2D eigenvalue weighted by atomic mass is 10.0. The molecule has 0 aliphatic heterocycles. The maximum atomic E-state index is 14.1. The summed E-state index contributed by atoms with van der Waals surface area (Å²) in [6.07, 6.45) is -5.41. The van der Waals surface area contributed by atoms with E-state index in [0.717, 1.165) is 17.5 Å². The van der Waals surface area contributed by atoms with Gasteiger partial charge >= 0.3 is 18.4 Å². The number of carbonyl (C=O) groups is 5. The molecule has 0 unspecified atom stereocenters. The van der Waals surface area contributed by atoms with Crippen LogP contribution in [0.5, 0.6) is 0 Å². The zero-order chi connectivity index (χ0) is 43.5. The minimum atomic E-state index is -4.58. The second kappa shape index (κ2) is 19.8. The second-order valence-corrected chi connectivity index (χ2v) is 16.9. The van der Waals surface area contributed by atoms with E-state index in [-0.39, 0.29) is 38.3 Å². The molecule has 5 amide bonds. The number of nitrogens with one attached hydrogen (secondary N) is 4. The molecule has 17 heteroatoms. The first-order valence-corrected chi connectivity index (χ1v) is 18.9. The molecule has 3 aromatic rings. The minimum Gasteiger partial charge on any atom is -0.444 e. The molecule has 0 saturated carbocycles. The highest BCUT2D eigenvalue weighted by Gasteiger charge is 2.32. The van der Waals surface area contributed by atoms with Crippen LogP contribution in [0, 0.1) is 0 Å². The van der Waals surface area contributed by atoms with Gasteiger partial charge in [-0.1, -0.05) is 30.3 Å². The van der Waals surface area contributed by atoms with Gasteiger partial charge in [-0.2, -0.15) is 13.2 Å². The SMILES string of the molecule is CC(C)(C)OC(=O)NCCN(CC[N+](C)(C)C)C(=O)CC[C@H](NC(=O)OC(C)(C)C)C(=O)N[C@@H](Cc1ccc(C(F)(F)F)cc1)C(=O)Nc1cnc2ccccc2c1. The number of alkyl halides is 3. The highest BCUT2D eigenvalue weighted by atomic mass is 19.4. The number of halogens is 3. The number of amides is 5. The fraction of sp³-hybridized carbons (Fsp3) is 0.512. The quantitative estimate of drug-likeness (QED) is 0.135. The number of hydrogen-bond acceptors (Lipinski definition) is 8. The second-order valence-electron chi connectivity index (χ2n) is 16.9. The molecule has 2 aromatic carbocycles. The van der Waals surface area contributed by atoms with Gasteiger partial charge in [0.25, 0.3) is 0 Å². The average Bonchev–Trinajstić information content (AvgIpc) is 3.08. The van der Waals surface area contributed by atoms with E-state index in [1.165, 1.54) is 18.3 Å². The topological polar surface area (TPSA) is 168 Å². The van der Waals surface area contributed by atoms with Crippen molar-refractivity contribution in [1.82, 2.24) is 25.8 Å². The van der Waals surface area contributed by atoms with Gasteiger partial charge in [0.2, 0.25) is 17.7 Å². The van der Waals surface area contributed by atoms with Gasteiger partial charge in [-0.05, 0) is 77.8 Å². The van der Waals surface area contributed by atoms with Crippen LogP contribution in [0.15, 0.2) is 60.8 Å². The van der Waals surface area contributed by atoms with Crippen LogP contribution in [-0.4, -0.2) is 115 Å². The van der Waals surface area contributed by atoms with Crippen molar-refractivity contribution in [3.05, 3.63) is 71.9 Å². The zero-order valence-corrected chi connectivity index (χ0v) is 34.7. The normalized spacial score (nSPS) is 13.2. The summed E-state index contributed by atoms with van der Waals surface area (Å²) in [6, 6.07) is 10.3. The number of ether oxygens (including phenoxy) is 2. The van der Waals surface area contributed by atoms with Crippen molar-refractivity contribution >= 4 is 46.5 Å². The fourth-order valence-corrected chi connectivity index (χ4v) is 5.45. The Labute approximate surface area is 337 Å². The van der Waals surface area contributed by atoms with Gasteiger partial charge in [-0.25, -0.2) is 9.59 Å². The summed E-state index contributed by atoms with van der Waals surface area (Å²) in [5, 5.41) is 11.3. The molecule has 14 nitrogen and oxygen atoms in total. The van der Waals surface area contributed by atoms with Gasteiger partial charge < -0.3 is 40.1 Å². The zero-order valence-electron chi connectivity index (χ0n) is 34.7. The number of nitrogens with zero attached hydrogens (tertiary/aromatic N) is 3. The lowest BCUT2D eigenvalue weighted by Gasteiger charge is -2.30. The maximum Gasteiger partial charge on any atom is 0.416 e. The number of aromatic nitrogens is 1. The van der Waals surface area contributed by atoms with Crippen molar-refractivity contribution in [2.24, 2.45) is 0 Å². The first kappa shape index (κ1) is 46.9. The van der Waals surface area contributed by atoms with Gasteiger partial charge in [0.15, 0.2) is 0 Å². The number of benzene rings is 2. The smallest absolute Gasteiger partial charge is 0.416 e. The van der Waals surface area contributed by atoms with Gasteiger partial charge in [-0.3, -0.25) is 19.4 Å². The molecule has 4 N–H and O–H groups in total. The predicted octanol–water partition coefficient (Wildman–Crippen LogP) is 5.65. The highest BCUT2D eigenvalue weighted by Crippen LogP contribution is 2.29. The molecule has 0 fully saturated rings. The first-order chi connectivity index (χ1) is 26.8.